The maximum Gasteiger partial charge on any atom is 0.0996 e. The third kappa shape index (κ3) is 3.26. The summed E-state index contributed by atoms with van der Waals surface area (Å²) in [7, 11) is 0. The number of hydrogen-bond donors (Lipinski definition) is 2. The zero-order valence-corrected chi connectivity index (χ0v) is 10.1. The highest BCUT2D eigenvalue weighted by Gasteiger charge is 2.09. The topological polar surface area (TPSA) is 58.6 Å². The molecule has 0 spiro atoms. The largest absolute Gasteiger partial charge is 0.388 e. The molecule has 0 fully saturated rings. The minimum Gasteiger partial charge on any atom is -0.388 e. The highest BCUT2D eigenvalue weighted by molar-refractivity contribution is 14.1. The van der Waals surface area contributed by atoms with Crippen LogP contribution in [0.1, 0.15) is 18.6 Å². The van der Waals surface area contributed by atoms with Crippen molar-refractivity contribution in [2.45, 2.75) is 13.0 Å². The number of nitrogens with zero attached hydrogens (tertiary/aromatic N) is 1. The van der Waals surface area contributed by atoms with E-state index in [2.05, 4.69) is 27.6 Å². The van der Waals surface area contributed by atoms with Gasteiger partial charge in [-0.15, -0.1) is 0 Å². The van der Waals surface area contributed by atoms with Crippen LogP contribution in [0, 0.1) is 3.57 Å². The molecule has 1 aromatic carbocycles. The predicted octanol–water partition coefficient (Wildman–Crippen LogP) is 1.70. The lowest BCUT2D eigenvalue weighted by molar-refractivity contribution is 0.186. The quantitative estimate of drug-likeness (QED) is 0.507. The Morgan fingerprint density at radius 3 is 2.79 bits per heavy atom. The SMILES string of the molecule is CC(N)=NC[C@H](O)c1ccccc1[131I]. The molecule has 3 N–H and O–H groups in total. The minimum absolute atomic E-state index is 0.322. The van der Waals surface area contributed by atoms with E-state index in [1.165, 1.54) is 0 Å². The first-order chi connectivity index (χ1) is 6.61. The number of nitrogens with two attached hydrogens (primary N) is 1. The normalized spacial score (nSPS) is 14.1. The van der Waals surface area contributed by atoms with Crippen molar-refractivity contribution < 1.29 is 5.11 Å². The van der Waals surface area contributed by atoms with E-state index in [1.807, 2.05) is 24.3 Å². The molecule has 1 rings (SSSR count). The fraction of sp³-hybridized carbons (Fsp3) is 0.300. The Balaban J connectivity index is 2.74. The smallest absolute Gasteiger partial charge is 0.0996 e. The number of amidine groups is 1. The molecular weight excluding hydrogens is 295 g/mol. The Morgan fingerprint density at radius 1 is 1.57 bits per heavy atom. The predicted molar refractivity (Wildman–Crippen MR) is 66.3 cm³/mol. The Morgan fingerprint density at radius 2 is 2.21 bits per heavy atom. The van der Waals surface area contributed by atoms with E-state index in [0.717, 1.165) is 9.13 Å². The lowest BCUT2D eigenvalue weighted by Crippen LogP contribution is -2.10. The molecule has 0 saturated carbocycles. The van der Waals surface area contributed by atoms with Crippen molar-refractivity contribution in [2.24, 2.45) is 10.7 Å². The van der Waals surface area contributed by atoms with Crippen molar-refractivity contribution in [3.05, 3.63) is 33.4 Å². The zero-order valence-electron chi connectivity index (χ0n) is 7.94. The molecule has 0 amide bonds. The van der Waals surface area contributed by atoms with E-state index in [-0.39, 0.29) is 0 Å². The third-order valence-corrected chi connectivity index (χ3v) is 2.76. The molecule has 0 saturated heterocycles. The summed E-state index contributed by atoms with van der Waals surface area (Å²) < 4.78 is 1.04. The number of aliphatic hydroxyl groups excluding tert-OH is 1. The van der Waals surface area contributed by atoms with Gasteiger partial charge in [0.2, 0.25) is 0 Å². The van der Waals surface area contributed by atoms with Gasteiger partial charge in [0.15, 0.2) is 0 Å². The first kappa shape index (κ1) is 11.5. The first-order valence-corrected chi connectivity index (χ1v) is 5.38. The standard InChI is InChI=1S/C10H13IN2O/c1-7(12)13-6-10(14)8-4-2-3-5-9(8)11/h2-5,10,14H,6H2,1H3,(H2,12,13)/t10-/m0/s1/i11+4. The molecule has 0 unspecified atom stereocenters. The molecule has 0 bridgehead atoms. The molecule has 4 heteroatoms. The number of halogens is 1. The molecule has 76 valence electrons. The molecule has 0 aromatic heterocycles. The number of aliphatic hydroxyl groups is 1. The Bertz CT molecular complexity index is 335. The van der Waals surface area contributed by atoms with Crippen molar-refractivity contribution in [1.82, 2.24) is 0 Å². The van der Waals surface area contributed by atoms with Gasteiger partial charge in [-0.1, -0.05) is 18.2 Å². The molecular formula is C10H13IN2O. The van der Waals surface area contributed by atoms with Gasteiger partial charge in [0.25, 0.3) is 0 Å². The van der Waals surface area contributed by atoms with Crippen molar-refractivity contribution in [2.75, 3.05) is 6.54 Å². The van der Waals surface area contributed by atoms with Crippen LogP contribution in [-0.2, 0) is 0 Å². The molecule has 0 radical (unpaired) electrons. The van der Waals surface area contributed by atoms with Crippen molar-refractivity contribution in [3.63, 3.8) is 0 Å². The Kier molecular flexibility index (Phi) is 4.34. The maximum absolute atomic E-state index is 9.78. The van der Waals surface area contributed by atoms with E-state index in [4.69, 9.17) is 5.73 Å². The molecule has 1 aromatic rings. The van der Waals surface area contributed by atoms with Crippen LogP contribution in [0.25, 0.3) is 0 Å². The Labute approximate surface area is 97.2 Å². The fourth-order valence-electron chi connectivity index (χ4n) is 1.07. The summed E-state index contributed by atoms with van der Waals surface area (Å²) >= 11 is 2.19. The second-order valence-electron chi connectivity index (χ2n) is 3.02. The van der Waals surface area contributed by atoms with Crippen LogP contribution < -0.4 is 5.73 Å². The zero-order chi connectivity index (χ0) is 10.6. The van der Waals surface area contributed by atoms with Crippen molar-refractivity contribution in [3.8, 4) is 0 Å². The van der Waals surface area contributed by atoms with Gasteiger partial charge in [-0.25, -0.2) is 0 Å². The van der Waals surface area contributed by atoms with Gasteiger partial charge in [-0.3, -0.25) is 4.99 Å². The summed E-state index contributed by atoms with van der Waals surface area (Å²) in [6, 6.07) is 7.70. The average molecular weight is 308 g/mol. The number of aliphatic imine (C=N–C) groups is 1. The monoisotopic (exact) mass is 308 g/mol. The summed E-state index contributed by atoms with van der Waals surface area (Å²) in [5.41, 5.74) is 6.29. The van der Waals surface area contributed by atoms with Crippen LogP contribution in [0.2, 0.25) is 0 Å². The van der Waals surface area contributed by atoms with Gasteiger partial charge in [-0.2, -0.15) is 0 Å². The van der Waals surface area contributed by atoms with Crippen LogP contribution in [-0.4, -0.2) is 17.5 Å². The van der Waals surface area contributed by atoms with Crippen molar-refractivity contribution in [1.29, 1.82) is 0 Å². The molecule has 0 heterocycles. The molecule has 1 atom stereocenters. The van der Waals surface area contributed by atoms with E-state index in [0.29, 0.717) is 12.4 Å². The summed E-state index contributed by atoms with van der Waals surface area (Å²) in [6.07, 6.45) is -0.568. The second kappa shape index (κ2) is 5.31. The average Bonchev–Trinajstić information content (AvgIpc) is 2.15. The van der Waals surface area contributed by atoms with Crippen molar-refractivity contribution >= 4 is 28.4 Å². The highest BCUT2D eigenvalue weighted by atomic mass is 131. The lowest BCUT2D eigenvalue weighted by Gasteiger charge is -2.10. The minimum atomic E-state index is -0.568. The molecule has 14 heavy (non-hydrogen) atoms. The van der Waals surface area contributed by atoms with E-state index in [9.17, 15) is 5.11 Å². The van der Waals surface area contributed by atoms with Crippen LogP contribution in [0.15, 0.2) is 29.3 Å². The van der Waals surface area contributed by atoms with Gasteiger partial charge in [-0.05, 0) is 41.1 Å². The second-order valence-corrected chi connectivity index (χ2v) is 4.18. The van der Waals surface area contributed by atoms with Crippen LogP contribution in [0.5, 0.6) is 0 Å². The van der Waals surface area contributed by atoms with Gasteiger partial charge in [0, 0.05) is 3.57 Å². The van der Waals surface area contributed by atoms with Gasteiger partial charge < -0.3 is 10.8 Å². The van der Waals surface area contributed by atoms with Crippen LogP contribution in [0.3, 0.4) is 0 Å². The van der Waals surface area contributed by atoms with Crippen LogP contribution in [0.4, 0.5) is 0 Å². The Hall–Kier alpha value is -0.620. The summed E-state index contributed by atoms with van der Waals surface area (Å²) in [5.74, 6) is 0.495. The molecule has 0 aliphatic heterocycles. The summed E-state index contributed by atoms with van der Waals surface area (Å²) in [5, 5.41) is 9.78. The molecule has 3 nitrogen and oxygen atoms in total. The fourth-order valence-corrected chi connectivity index (χ4v) is 1.82. The van der Waals surface area contributed by atoms with E-state index >= 15 is 0 Å². The van der Waals surface area contributed by atoms with E-state index in [1.54, 1.807) is 6.92 Å². The summed E-state index contributed by atoms with van der Waals surface area (Å²) in [6.45, 7) is 2.03. The highest BCUT2D eigenvalue weighted by Crippen LogP contribution is 2.19. The van der Waals surface area contributed by atoms with Crippen LogP contribution >= 0.6 is 22.6 Å². The van der Waals surface area contributed by atoms with E-state index < -0.39 is 6.10 Å². The number of benzene rings is 1. The number of hydrogen-bond acceptors (Lipinski definition) is 2. The van der Waals surface area contributed by atoms with Gasteiger partial charge >= 0.3 is 0 Å². The first-order valence-electron chi connectivity index (χ1n) is 4.30. The summed E-state index contributed by atoms with van der Waals surface area (Å²) in [4.78, 5) is 3.98. The maximum atomic E-state index is 9.78. The molecule has 0 aliphatic rings. The van der Waals surface area contributed by atoms with Gasteiger partial charge in [0.05, 0.1) is 18.5 Å². The molecule has 0 aliphatic carbocycles. The number of rotatable bonds is 3. The van der Waals surface area contributed by atoms with Gasteiger partial charge in [0.1, 0.15) is 0 Å². The third-order valence-electron chi connectivity index (χ3n) is 1.78. The lowest BCUT2D eigenvalue weighted by atomic mass is 10.1.